The Morgan fingerprint density at radius 1 is 1.48 bits per heavy atom. The van der Waals surface area contributed by atoms with Crippen LogP contribution in [0.15, 0.2) is 17.6 Å². The van der Waals surface area contributed by atoms with Crippen LogP contribution < -0.4 is 10.6 Å². The molecule has 0 spiro atoms. The molecule has 0 aliphatic carbocycles. The Morgan fingerprint density at radius 2 is 2.24 bits per heavy atom. The molecule has 2 aromatic rings. The molecule has 0 saturated heterocycles. The number of rotatable bonds is 6. The van der Waals surface area contributed by atoms with Gasteiger partial charge in [-0.2, -0.15) is 0 Å². The van der Waals surface area contributed by atoms with E-state index in [2.05, 4.69) is 15.6 Å². The zero-order valence-corrected chi connectivity index (χ0v) is 12.6. The first-order valence-corrected chi connectivity index (χ1v) is 7.38. The lowest BCUT2D eigenvalue weighted by atomic mass is 10.2. The van der Waals surface area contributed by atoms with Gasteiger partial charge < -0.3 is 10.6 Å². The van der Waals surface area contributed by atoms with Gasteiger partial charge in [0.2, 0.25) is 5.91 Å². The number of amides is 1. The summed E-state index contributed by atoms with van der Waals surface area (Å²) < 4.78 is 0.747. The third kappa shape index (κ3) is 3.66. The Kier molecular flexibility index (Phi) is 4.69. The molecule has 2 rings (SSSR count). The maximum atomic E-state index is 11.7. The fourth-order valence-electron chi connectivity index (χ4n) is 1.80. The summed E-state index contributed by atoms with van der Waals surface area (Å²) in [5.74, 6) is 0.158. The topological polar surface area (TPSA) is 97.2 Å². The second-order valence-electron chi connectivity index (χ2n) is 4.97. The van der Waals surface area contributed by atoms with Crippen molar-refractivity contribution in [1.82, 2.24) is 10.3 Å². The van der Waals surface area contributed by atoms with Crippen molar-refractivity contribution in [3.8, 4) is 0 Å². The monoisotopic (exact) mass is 308 g/mol. The number of nitrogens with one attached hydrogen (secondary N) is 2. The number of fused-ring (bicyclic) bond motifs is 1. The minimum absolute atomic E-state index is 0.0107. The summed E-state index contributed by atoms with van der Waals surface area (Å²) in [6, 6.07) is 3.36. The summed E-state index contributed by atoms with van der Waals surface area (Å²) in [4.78, 5) is 26.4. The molecule has 0 atom stereocenters. The van der Waals surface area contributed by atoms with Crippen molar-refractivity contribution >= 4 is 38.8 Å². The highest BCUT2D eigenvalue weighted by atomic mass is 32.1. The number of hydrogen-bond donors (Lipinski definition) is 2. The number of aromatic nitrogens is 1. The Bertz CT molecular complexity index is 668. The molecule has 0 bridgehead atoms. The Morgan fingerprint density at radius 3 is 2.90 bits per heavy atom. The number of nitro benzene ring substituents is 1. The van der Waals surface area contributed by atoms with Crippen molar-refractivity contribution in [1.29, 1.82) is 0 Å². The summed E-state index contributed by atoms with van der Waals surface area (Å²) in [5, 5.41) is 16.8. The molecule has 0 saturated carbocycles. The third-order valence-electron chi connectivity index (χ3n) is 2.81. The van der Waals surface area contributed by atoms with Crippen LogP contribution >= 0.6 is 11.3 Å². The van der Waals surface area contributed by atoms with Gasteiger partial charge in [0.1, 0.15) is 5.69 Å². The third-order valence-corrected chi connectivity index (χ3v) is 3.60. The van der Waals surface area contributed by atoms with Crippen LogP contribution in [0, 0.1) is 16.0 Å². The molecule has 2 N–H and O–H groups in total. The van der Waals surface area contributed by atoms with Crippen molar-refractivity contribution in [2.45, 2.75) is 13.8 Å². The average Bonchev–Trinajstić information content (AvgIpc) is 2.89. The molecule has 0 aliphatic heterocycles. The number of benzene rings is 1. The van der Waals surface area contributed by atoms with E-state index in [1.165, 1.54) is 11.3 Å². The minimum atomic E-state index is -0.476. The summed E-state index contributed by atoms with van der Waals surface area (Å²) in [7, 11) is 0. The van der Waals surface area contributed by atoms with Gasteiger partial charge in [-0.15, -0.1) is 11.3 Å². The van der Waals surface area contributed by atoms with E-state index in [0.29, 0.717) is 23.7 Å². The second-order valence-corrected chi connectivity index (χ2v) is 5.86. The standard InChI is InChI=1S/C13H16N4O3S/c1-8(2)5-15-11(18)6-14-9-3-4-10-12(16-7-21-10)13(9)17(19)20/h3-4,7-8,14H,5-6H2,1-2H3,(H,15,18). The lowest BCUT2D eigenvalue weighted by Crippen LogP contribution is -2.32. The lowest BCUT2D eigenvalue weighted by molar-refractivity contribution is -0.382. The predicted octanol–water partition coefficient (Wildman–Crippen LogP) is 2.39. The molecule has 8 heteroatoms. The number of anilines is 1. The molecule has 0 unspecified atom stereocenters. The Balaban J connectivity index is 2.13. The van der Waals surface area contributed by atoms with E-state index < -0.39 is 4.92 Å². The van der Waals surface area contributed by atoms with Gasteiger partial charge in [0.05, 0.1) is 21.7 Å². The molecule has 0 radical (unpaired) electrons. The summed E-state index contributed by atoms with van der Waals surface area (Å²) in [6.07, 6.45) is 0. The van der Waals surface area contributed by atoms with Gasteiger partial charge in [-0.1, -0.05) is 13.8 Å². The molecule has 0 aliphatic rings. The second kappa shape index (κ2) is 6.49. The van der Waals surface area contributed by atoms with Crippen LogP contribution in [0.1, 0.15) is 13.8 Å². The SMILES string of the molecule is CC(C)CNC(=O)CNc1ccc2scnc2c1[N+](=O)[O-]. The number of nitrogens with zero attached hydrogens (tertiary/aromatic N) is 2. The molecular formula is C13H16N4O3S. The van der Waals surface area contributed by atoms with Crippen molar-refractivity contribution in [2.75, 3.05) is 18.4 Å². The number of hydrogen-bond acceptors (Lipinski definition) is 6. The minimum Gasteiger partial charge on any atom is -0.370 e. The van der Waals surface area contributed by atoms with E-state index in [9.17, 15) is 14.9 Å². The maximum Gasteiger partial charge on any atom is 0.319 e. The van der Waals surface area contributed by atoms with Gasteiger partial charge in [-0.3, -0.25) is 14.9 Å². The zero-order chi connectivity index (χ0) is 15.4. The average molecular weight is 308 g/mol. The van der Waals surface area contributed by atoms with E-state index in [-0.39, 0.29) is 18.1 Å². The highest BCUT2D eigenvalue weighted by Gasteiger charge is 2.20. The maximum absolute atomic E-state index is 11.7. The van der Waals surface area contributed by atoms with Crippen molar-refractivity contribution in [3.63, 3.8) is 0 Å². The molecule has 1 amide bonds. The summed E-state index contributed by atoms with van der Waals surface area (Å²) in [6.45, 7) is 4.56. The van der Waals surface area contributed by atoms with Crippen LogP contribution in [-0.2, 0) is 4.79 Å². The van der Waals surface area contributed by atoms with E-state index in [1.54, 1.807) is 17.6 Å². The zero-order valence-electron chi connectivity index (χ0n) is 11.8. The molecule has 1 aromatic heterocycles. The number of nitro groups is 1. The largest absolute Gasteiger partial charge is 0.370 e. The first kappa shape index (κ1) is 15.2. The predicted molar refractivity (Wildman–Crippen MR) is 82.6 cm³/mol. The van der Waals surface area contributed by atoms with Crippen LogP contribution in [-0.4, -0.2) is 28.9 Å². The van der Waals surface area contributed by atoms with Gasteiger partial charge in [-0.05, 0) is 18.1 Å². The van der Waals surface area contributed by atoms with E-state index >= 15 is 0 Å². The van der Waals surface area contributed by atoms with Gasteiger partial charge in [-0.25, -0.2) is 4.98 Å². The highest BCUT2D eigenvalue weighted by Crippen LogP contribution is 2.34. The molecule has 112 valence electrons. The molecule has 7 nitrogen and oxygen atoms in total. The molecule has 1 aromatic carbocycles. The van der Waals surface area contributed by atoms with Gasteiger partial charge in [0, 0.05) is 6.54 Å². The molecule has 21 heavy (non-hydrogen) atoms. The highest BCUT2D eigenvalue weighted by molar-refractivity contribution is 7.16. The van der Waals surface area contributed by atoms with Gasteiger partial charge >= 0.3 is 5.69 Å². The fourth-order valence-corrected chi connectivity index (χ4v) is 2.48. The van der Waals surface area contributed by atoms with E-state index in [4.69, 9.17) is 0 Å². The van der Waals surface area contributed by atoms with E-state index in [0.717, 1.165) is 4.70 Å². The normalized spacial score (nSPS) is 10.8. The van der Waals surface area contributed by atoms with Crippen LogP contribution in [0.3, 0.4) is 0 Å². The summed E-state index contributed by atoms with van der Waals surface area (Å²) >= 11 is 1.34. The van der Waals surface area contributed by atoms with Gasteiger partial charge in [0.25, 0.3) is 0 Å². The number of carbonyl (C=O) groups excluding carboxylic acids is 1. The quantitative estimate of drug-likeness (QED) is 0.631. The molecular weight excluding hydrogens is 292 g/mol. The Labute approximate surface area is 125 Å². The lowest BCUT2D eigenvalue weighted by Gasteiger charge is -2.09. The van der Waals surface area contributed by atoms with Crippen molar-refractivity contribution < 1.29 is 9.72 Å². The first-order chi connectivity index (χ1) is 9.99. The molecule has 1 heterocycles. The summed E-state index contributed by atoms with van der Waals surface area (Å²) in [5.41, 5.74) is 2.12. The number of carbonyl (C=O) groups is 1. The van der Waals surface area contributed by atoms with E-state index in [1.807, 2.05) is 13.8 Å². The van der Waals surface area contributed by atoms with Crippen molar-refractivity contribution in [3.05, 3.63) is 27.8 Å². The van der Waals surface area contributed by atoms with Crippen LogP contribution in [0.2, 0.25) is 0 Å². The Hall–Kier alpha value is -2.22. The number of thiazole rings is 1. The van der Waals surface area contributed by atoms with Crippen LogP contribution in [0.25, 0.3) is 10.2 Å². The van der Waals surface area contributed by atoms with Crippen LogP contribution in [0.5, 0.6) is 0 Å². The first-order valence-electron chi connectivity index (χ1n) is 6.50. The fraction of sp³-hybridized carbons (Fsp3) is 0.385. The smallest absolute Gasteiger partial charge is 0.319 e. The van der Waals surface area contributed by atoms with Crippen LogP contribution in [0.4, 0.5) is 11.4 Å². The molecule has 0 fully saturated rings. The van der Waals surface area contributed by atoms with Gasteiger partial charge in [0.15, 0.2) is 5.52 Å². The van der Waals surface area contributed by atoms with Crippen molar-refractivity contribution in [2.24, 2.45) is 5.92 Å².